The number of hydrogen-bond acceptors (Lipinski definition) is 6. The fourth-order valence-corrected chi connectivity index (χ4v) is 2.90. The number of hydrogen-bond donors (Lipinski definition) is 3. The van der Waals surface area contributed by atoms with Gasteiger partial charge in [0, 0.05) is 18.7 Å². The molecule has 0 aliphatic rings. The Labute approximate surface area is 127 Å². The highest BCUT2D eigenvalue weighted by atomic mass is 32.1. The number of aromatic nitrogens is 1. The van der Waals surface area contributed by atoms with Crippen LogP contribution >= 0.6 is 11.3 Å². The van der Waals surface area contributed by atoms with E-state index in [1.165, 1.54) is 11.3 Å². The average Bonchev–Trinajstić information content (AvgIpc) is 2.80. The van der Waals surface area contributed by atoms with E-state index in [-0.39, 0.29) is 12.5 Å². The molecule has 4 N–H and O–H groups in total. The highest BCUT2D eigenvalue weighted by molar-refractivity contribution is 7.22. The van der Waals surface area contributed by atoms with Crippen molar-refractivity contribution >= 4 is 38.3 Å². The number of nitrogens with one attached hydrogen (secondary N) is 1. The highest BCUT2D eigenvalue weighted by Gasteiger charge is 2.08. The number of rotatable bonds is 7. The lowest BCUT2D eigenvalue weighted by Gasteiger charge is -2.13. The highest BCUT2D eigenvalue weighted by Crippen LogP contribution is 2.27. The molecule has 0 atom stereocenters. The van der Waals surface area contributed by atoms with Crippen molar-refractivity contribution in [2.75, 3.05) is 37.8 Å². The molecular weight excluding hydrogens is 288 g/mol. The molecule has 0 saturated carbocycles. The first-order valence-corrected chi connectivity index (χ1v) is 7.65. The summed E-state index contributed by atoms with van der Waals surface area (Å²) in [6.07, 6.45) is 1.19. The van der Waals surface area contributed by atoms with E-state index in [1.54, 1.807) is 6.07 Å². The Balaban J connectivity index is 1.84. The first-order chi connectivity index (χ1) is 10.1. The van der Waals surface area contributed by atoms with E-state index >= 15 is 0 Å². The molecule has 0 unspecified atom stereocenters. The van der Waals surface area contributed by atoms with Gasteiger partial charge in [-0.2, -0.15) is 0 Å². The number of carbonyl (C=O) groups is 1. The number of aliphatic hydroxyl groups excluding tert-OH is 1. The predicted molar refractivity (Wildman–Crippen MR) is 86.5 cm³/mol. The summed E-state index contributed by atoms with van der Waals surface area (Å²) in [5.74, 6) is -0.0422. The molecule has 2 rings (SSSR count). The second-order valence-corrected chi connectivity index (χ2v) is 5.96. The number of nitrogens with two attached hydrogens (primary N) is 1. The van der Waals surface area contributed by atoms with E-state index in [1.807, 2.05) is 24.1 Å². The van der Waals surface area contributed by atoms with Gasteiger partial charge in [-0.05, 0) is 38.2 Å². The number of amides is 1. The lowest BCUT2D eigenvalue weighted by Crippen LogP contribution is -2.24. The second-order valence-electron chi connectivity index (χ2n) is 4.92. The fourth-order valence-electron chi connectivity index (χ4n) is 1.97. The Morgan fingerprint density at radius 3 is 3.05 bits per heavy atom. The number of aliphatic hydroxyl groups is 1. The third-order valence-electron chi connectivity index (χ3n) is 3.08. The topological polar surface area (TPSA) is 91.5 Å². The van der Waals surface area contributed by atoms with E-state index in [2.05, 4.69) is 10.3 Å². The first-order valence-electron chi connectivity index (χ1n) is 6.84. The van der Waals surface area contributed by atoms with Gasteiger partial charge in [0.15, 0.2) is 5.13 Å². The molecule has 0 aliphatic carbocycles. The van der Waals surface area contributed by atoms with E-state index < -0.39 is 0 Å². The molecule has 6 nitrogen and oxygen atoms in total. The van der Waals surface area contributed by atoms with Crippen molar-refractivity contribution < 1.29 is 9.90 Å². The lowest BCUT2D eigenvalue weighted by atomic mass is 10.3. The zero-order valence-electron chi connectivity index (χ0n) is 12.0. The summed E-state index contributed by atoms with van der Waals surface area (Å²) in [6.45, 7) is 1.54. The SMILES string of the molecule is CN(CCO)CCCC(=O)Nc1nc2ccc(N)cc2s1. The Morgan fingerprint density at radius 1 is 1.48 bits per heavy atom. The predicted octanol–water partition coefficient (Wildman–Crippen LogP) is 1.52. The normalized spacial score (nSPS) is 11.2. The molecule has 0 fully saturated rings. The number of nitrogen functional groups attached to an aromatic ring is 1. The standard InChI is InChI=1S/C14H20N4O2S/c1-18(7-8-19)6-2-3-13(20)17-14-16-11-5-4-10(15)9-12(11)21-14/h4-5,9,19H,2-3,6-8,15H2,1H3,(H,16,17,20). The van der Waals surface area contributed by atoms with Crippen molar-refractivity contribution in [2.24, 2.45) is 0 Å². The van der Waals surface area contributed by atoms with Crippen LogP contribution in [0.2, 0.25) is 0 Å². The molecule has 0 radical (unpaired) electrons. The molecule has 1 heterocycles. The smallest absolute Gasteiger partial charge is 0.226 e. The van der Waals surface area contributed by atoms with Gasteiger partial charge in [-0.15, -0.1) is 0 Å². The molecule has 0 saturated heterocycles. The number of nitrogens with zero attached hydrogens (tertiary/aromatic N) is 2. The largest absolute Gasteiger partial charge is 0.399 e. The lowest BCUT2D eigenvalue weighted by molar-refractivity contribution is -0.116. The second kappa shape index (κ2) is 7.35. The van der Waals surface area contributed by atoms with Gasteiger partial charge in [-0.3, -0.25) is 4.79 Å². The van der Waals surface area contributed by atoms with Crippen LogP contribution in [0.1, 0.15) is 12.8 Å². The molecule has 21 heavy (non-hydrogen) atoms. The number of benzene rings is 1. The van der Waals surface area contributed by atoms with Crippen molar-refractivity contribution in [1.82, 2.24) is 9.88 Å². The summed E-state index contributed by atoms with van der Waals surface area (Å²) in [7, 11) is 1.92. The van der Waals surface area contributed by atoms with E-state index in [0.29, 0.717) is 23.8 Å². The summed E-state index contributed by atoms with van der Waals surface area (Å²) >= 11 is 1.42. The molecule has 0 spiro atoms. The molecule has 1 aromatic carbocycles. The Morgan fingerprint density at radius 2 is 2.29 bits per heavy atom. The van der Waals surface area contributed by atoms with Crippen molar-refractivity contribution in [3.8, 4) is 0 Å². The van der Waals surface area contributed by atoms with Crippen molar-refractivity contribution in [2.45, 2.75) is 12.8 Å². The van der Waals surface area contributed by atoms with Gasteiger partial charge in [-0.1, -0.05) is 11.3 Å². The Kier molecular flexibility index (Phi) is 5.49. The molecule has 7 heteroatoms. The van der Waals surface area contributed by atoms with E-state index in [4.69, 9.17) is 10.8 Å². The van der Waals surface area contributed by atoms with E-state index in [0.717, 1.165) is 23.2 Å². The Hall–Kier alpha value is -1.70. The molecule has 114 valence electrons. The van der Waals surface area contributed by atoms with Crippen LogP contribution in [0, 0.1) is 0 Å². The van der Waals surface area contributed by atoms with E-state index in [9.17, 15) is 4.79 Å². The quantitative estimate of drug-likeness (QED) is 0.675. The van der Waals surface area contributed by atoms with Crippen LogP contribution in [0.3, 0.4) is 0 Å². The van der Waals surface area contributed by atoms with Gasteiger partial charge in [0.25, 0.3) is 0 Å². The molecule has 1 aromatic heterocycles. The van der Waals surface area contributed by atoms with Gasteiger partial charge in [0.05, 0.1) is 16.8 Å². The van der Waals surface area contributed by atoms with Crippen LogP contribution in [0.5, 0.6) is 0 Å². The minimum Gasteiger partial charge on any atom is -0.399 e. The summed E-state index contributed by atoms with van der Waals surface area (Å²) in [5.41, 5.74) is 7.25. The zero-order chi connectivity index (χ0) is 15.2. The van der Waals surface area contributed by atoms with Crippen LogP contribution < -0.4 is 11.1 Å². The number of fused-ring (bicyclic) bond motifs is 1. The third kappa shape index (κ3) is 4.66. The molecule has 0 bridgehead atoms. The fraction of sp³-hybridized carbons (Fsp3) is 0.429. The molecule has 2 aromatic rings. The van der Waals surface area contributed by atoms with Gasteiger partial charge in [0.1, 0.15) is 0 Å². The number of likely N-dealkylation sites (N-methyl/N-ethyl adjacent to an activating group) is 1. The van der Waals surface area contributed by atoms with Crippen molar-refractivity contribution in [3.63, 3.8) is 0 Å². The summed E-state index contributed by atoms with van der Waals surface area (Å²) in [4.78, 5) is 18.2. The number of thiazole rings is 1. The van der Waals surface area contributed by atoms with Crippen molar-refractivity contribution in [1.29, 1.82) is 0 Å². The maximum absolute atomic E-state index is 11.9. The minimum absolute atomic E-state index is 0.0422. The summed E-state index contributed by atoms with van der Waals surface area (Å²) in [6, 6.07) is 5.50. The summed E-state index contributed by atoms with van der Waals surface area (Å²) in [5, 5.41) is 12.2. The number of anilines is 2. The minimum atomic E-state index is -0.0422. The molecule has 0 aliphatic heterocycles. The maximum Gasteiger partial charge on any atom is 0.226 e. The van der Waals surface area contributed by atoms with Crippen LogP contribution in [-0.2, 0) is 4.79 Å². The zero-order valence-corrected chi connectivity index (χ0v) is 12.8. The van der Waals surface area contributed by atoms with Crippen LogP contribution in [0.4, 0.5) is 10.8 Å². The maximum atomic E-state index is 11.9. The molecular formula is C14H20N4O2S. The van der Waals surface area contributed by atoms with Crippen LogP contribution in [0.15, 0.2) is 18.2 Å². The average molecular weight is 308 g/mol. The third-order valence-corrected chi connectivity index (χ3v) is 4.02. The van der Waals surface area contributed by atoms with Gasteiger partial charge in [-0.25, -0.2) is 4.98 Å². The van der Waals surface area contributed by atoms with Crippen molar-refractivity contribution in [3.05, 3.63) is 18.2 Å². The van der Waals surface area contributed by atoms with Gasteiger partial charge < -0.3 is 21.1 Å². The van der Waals surface area contributed by atoms with Gasteiger partial charge in [0.2, 0.25) is 5.91 Å². The Bertz CT molecular complexity index is 614. The number of carbonyl (C=O) groups excluding carboxylic acids is 1. The first kappa shape index (κ1) is 15.7. The molecule has 1 amide bonds. The van der Waals surface area contributed by atoms with Crippen LogP contribution in [0.25, 0.3) is 10.2 Å². The van der Waals surface area contributed by atoms with Gasteiger partial charge >= 0.3 is 0 Å². The summed E-state index contributed by atoms with van der Waals surface area (Å²) < 4.78 is 0.966. The van der Waals surface area contributed by atoms with Crippen LogP contribution in [-0.4, -0.2) is 47.6 Å². The monoisotopic (exact) mass is 308 g/mol.